The molecule has 1 amide bonds. The molecule has 0 bridgehead atoms. The van der Waals surface area contributed by atoms with Crippen molar-refractivity contribution in [3.05, 3.63) is 53.1 Å². The number of benzene rings is 2. The molecule has 0 heterocycles. The number of ether oxygens (including phenoxy) is 2. The summed E-state index contributed by atoms with van der Waals surface area (Å²) in [6, 6.07) is 11.7. The Morgan fingerprint density at radius 2 is 1.58 bits per heavy atom. The van der Waals surface area contributed by atoms with Gasteiger partial charge in [0.2, 0.25) is 5.91 Å². The van der Waals surface area contributed by atoms with Crippen LogP contribution < -0.4 is 14.8 Å². The zero-order valence-corrected chi connectivity index (χ0v) is 16.7. The fraction of sp³-hybridized carbons (Fsp3) is 0.381. The largest absolute Gasteiger partial charge is 0.494 e. The van der Waals surface area contributed by atoms with Gasteiger partial charge in [0.15, 0.2) is 0 Å². The van der Waals surface area contributed by atoms with Gasteiger partial charge >= 0.3 is 0 Å². The Bertz CT molecular complexity index is 706. The van der Waals surface area contributed by atoms with E-state index in [2.05, 4.69) is 24.4 Å². The molecule has 140 valence electrons. The molecular weight excluding hydrogens is 346 g/mol. The molecule has 1 N–H and O–H groups in total. The topological polar surface area (TPSA) is 47.6 Å². The van der Waals surface area contributed by atoms with Gasteiger partial charge < -0.3 is 14.8 Å². The van der Waals surface area contributed by atoms with Gasteiger partial charge in [-0.1, -0.05) is 17.7 Å². The summed E-state index contributed by atoms with van der Waals surface area (Å²) in [7, 11) is 0. The van der Waals surface area contributed by atoms with Crippen molar-refractivity contribution in [2.24, 2.45) is 0 Å². The highest BCUT2D eigenvalue weighted by molar-refractivity contribution is 7.99. The Morgan fingerprint density at radius 3 is 2.15 bits per heavy atom. The molecule has 5 heteroatoms. The molecule has 0 fully saturated rings. The van der Waals surface area contributed by atoms with Gasteiger partial charge in [-0.15, -0.1) is 11.8 Å². The smallest absolute Gasteiger partial charge is 0.234 e. The van der Waals surface area contributed by atoms with Crippen molar-refractivity contribution in [3.63, 3.8) is 0 Å². The van der Waals surface area contributed by atoms with E-state index >= 15 is 0 Å². The van der Waals surface area contributed by atoms with Gasteiger partial charge in [-0.05, 0) is 63.1 Å². The lowest BCUT2D eigenvalue weighted by Gasteiger charge is -2.13. The Balaban J connectivity index is 1.69. The van der Waals surface area contributed by atoms with Crippen LogP contribution in [0, 0.1) is 20.8 Å². The first kappa shape index (κ1) is 20.2. The summed E-state index contributed by atoms with van der Waals surface area (Å²) in [6.45, 7) is 9.28. The highest BCUT2D eigenvalue weighted by Crippen LogP contribution is 2.22. The lowest BCUT2D eigenvalue weighted by molar-refractivity contribution is -0.113. The van der Waals surface area contributed by atoms with Crippen LogP contribution in [0.3, 0.4) is 0 Å². The zero-order chi connectivity index (χ0) is 18.9. The predicted octanol–water partition coefficient (Wildman–Crippen LogP) is 4.76. The minimum Gasteiger partial charge on any atom is -0.494 e. The molecule has 0 saturated carbocycles. The van der Waals surface area contributed by atoms with E-state index in [-0.39, 0.29) is 5.91 Å². The minimum absolute atomic E-state index is 0.0196. The highest BCUT2D eigenvalue weighted by atomic mass is 32.2. The summed E-state index contributed by atoms with van der Waals surface area (Å²) in [4.78, 5) is 12.1. The number of carbonyl (C=O) groups is 1. The van der Waals surface area contributed by atoms with Crippen LogP contribution in [0.2, 0.25) is 0 Å². The molecule has 0 aliphatic carbocycles. The average molecular weight is 374 g/mol. The number of carbonyl (C=O) groups excluding carboxylic acids is 1. The second-order valence-electron chi connectivity index (χ2n) is 6.13. The SMILES string of the molecule is CCOc1ccc(OCCSCC(=O)Nc2c(C)cc(C)cc2C)cc1. The van der Waals surface area contributed by atoms with E-state index in [4.69, 9.17) is 9.47 Å². The number of nitrogens with one attached hydrogen (secondary N) is 1. The van der Waals surface area contributed by atoms with Crippen LogP contribution in [0.1, 0.15) is 23.6 Å². The maximum Gasteiger partial charge on any atom is 0.234 e. The molecule has 0 radical (unpaired) electrons. The van der Waals surface area contributed by atoms with Crippen molar-refractivity contribution in [2.75, 3.05) is 30.0 Å². The summed E-state index contributed by atoms with van der Waals surface area (Å²) in [6.07, 6.45) is 0. The fourth-order valence-corrected chi connectivity index (χ4v) is 3.34. The second kappa shape index (κ2) is 10.1. The van der Waals surface area contributed by atoms with E-state index in [0.29, 0.717) is 19.0 Å². The quantitative estimate of drug-likeness (QED) is 0.644. The fourth-order valence-electron chi connectivity index (χ4n) is 2.73. The molecular formula is C21H27NO3S. The molecule has 0 aromatic heterocycles. The number of hydrogen-bond acceptors (Lipinski definition) is 4. The number of thioether (sulfide) groups is 1. The van der Waals surface area contributed by atoms with Gasteiger partial charge in [0.25, 0.3) is 0 Å². The standard InChI is InChI=1S/C21H27NO3S/c1-5-24-18-6-8-19(9-7-18)25-10-11-26-14-20(23)22-21-16(3)12-15(2)13-17(21)4/h6-9,12-13H,5,10-11,14H2,1-4H3,(H,22,23). The number of rotatable bonds is 9. The molecule has 2 aromatic carbocycles. The Labute approximate surface area is 160 Å². The lowest BCUT2D eigenvalue weighted by Crippen LogP contribution is -2.16. The molecule has 2 aromatic rings. The predicted molar refractivity (Wildman–Crippen MR) is 110 cm³/mol. The molecule has 0 aliphatic rings. The van der Waals surface area contributed by atoms with E-state index < -0.39 is 0 Å². The second-order valence-corrected chi connectivity index (χ2v) is 7.23. The Hall–Kier alpha value is -2.14. The van der Waals surface area contributed by atoms with Crippen molar-refractivity contribution in [1.29, 1.82) is 0 Å². The summed E-state index contributed by atoms with van der Waals surface area (Å²) in [5.41, 5.74) is 4.32. The molecule has 0 unspecified atom stereocenters. The van der Waals surface area contributed by atoms with Crippen molar-refractivity contribution < 1.29 is 14.3 Å². The van der Waals surface area contributed by atoms with Crippen molar-refractivity contribution in [1.82, 2.24) is 0 Å². The van der Waals surface area contributed by atoms with Gasteiger partial charge in [-0.25, -0.2) is 0 Å². The third-order valence-corrected chi connectivity index (χ3v) is 4.73. The van der Waals surface area contributed by atoms with Gasteiger partial charge in [-0.2, -0.15) is 0 Å². The van der Waals surface area contributed by atoms with Crippen LogP contribution in [0.15, 0.2) is 36.4 Å². The van der Waals surface area contributed by atoms with E-state index in [1.165, 1.54) is 5.56 Å². The minimum atomic E-state index is 0.0196. The van der Waals surface area contributed by atoms with Gasteiger partial charge in [-0.3, -0.25) is 4.79 Å². The maximum atomic E-state index is 12.1. The monoisotopic (exact) mass is 373 g/mol. The van der Waals surface area contributed by atoms with Gasteiger partial charge in [0.05, 0.1) is 19.0 Å². The van der Waals surface area contributed by atoms with Crippen LogP contribution in [-0.2, 0) is 4.79 Å². The molecule has 0 atom stereocenters. The molecule has 0 aliphatic heterocycles. The molecule has 0 saturated heterocycles. The maximum absolute atomic E-state index is 12.1. The number of hydrogen-bond donors (Lipinski definition) is 1. The number of anilines is 1. The number of aryl methyl sites for hydroxylation is 3. The number of amides is 1. The van der Waals surface area contributed by atoms with Crippen LogP contribution in [-0.4, -0.2) is 30.6 Å². The Kier molecular flexibility index (Phi) is 7.85. The summed E-state index contributed by atoms with van der Waals surface area (Å²) in [5, 5.41) is 3.02. The van der Waals surface area contributed by atoms with E-state index in [1.54, 1.807) is 11.8 Å². The molecule has 4 nitrogen and oxygen atoms in total. The zero-order valence-electron chi connectivity index (χ0n) is 15.9. The van der Waals surface area contributed by atoms with E-state index in [1.807, 2.05) is 45.0 Å². The van der Waals surface area contributed by atoms with Crippen molar-refractivity contribution >= 4 is 23.4 Å². The first-order valence-electron chi connectivity index (χ1n) is 8.80. The summed E-state index contributed by atoms with van der Waals surface area (Å²) in [5.74, 6) is 2.84. The molecule has 2 rings (SSSR count). The summed E-state index contributed by atoms with van der Waals surface area (Å²) >= 11 is 1.56. The Morgan fingerprint density at radius 1 is 1.00 bits per heavy atom. The van der Waals surface area contributed by atoms with Crippen molar-refractivity contribution in [2.45, 2.75) is 27.7 Å². The summed E-state index contributed by atoms with van der Waals surface area (Å²) < 4.78 is 11.1. The van der Waals surface area contributed by atoms with E-state index in [9.17, 15) is 4.79 Å². The molecule has 0 spiro atoms. The first-order valence-corrected chi connectivity index (χ1v) is 9.96. The van der Waals surface area contributed by atoms with Crippen LogP contribution in [0.4, 0.5) is 5.69 Å². The van der Waals surface area contributed by atoms with Crippen LogP contribution in [0.5, 0.6) is 11.5 Å². The first-order chi connectivity index (χ1) is 12.5. The molecule has 26 heavy (non-hydrogen) atoms. The lowest BCUT2D eigenvalue weighted by atomic mass is 10.1. The normalized spacial score (nSPS) is 10.5. The van der Waals surface area contributed by atoms with Gasteiger partial charge in [0.1, 0.15) is 11.5 Å². The average Bonchev–Trinajstić information content (AvgIpc) is 2.59. The van der Waals surface area contributed by atoms with Crippen molar-refractivity contribution in [3.8, 4) is 11.5 Å². The van der Waals surface area contributed by atoms with Gasteiger partial charge in [0, 0.05) is 11.4 Å². The third kappa shape index (κ3) is 6.30. The third-order valence-electron chi connectivity index (χ3n) is 3.81. The van der Waals surface area contributed by atoms with Crippen LogP contribution >= 0.6 is 11.8 Å². The van der Waals surface area contributed by atoms with Crippen LogP contribution in [0.25, 0.3) is 0 Å². The van der Waals surface area contributed by atoms with E-state index in [0.717, 1.165) is 34.1 Å². The highest BCUT2D eigenvalue weighted by Gasteiger charge is 2.08.